The van der Waals surface area contributed by atoms with E-state index in [2.05, 4.69) is 21.1 Å². The summed E-state index contributed by atoms with van der Waals surface area (Å²) in [4.78, 5) is 39.4. The summed E-state index contributed by atoms with van der Waals surface area (Å²) in [7, 11) is 0. The number of allylic oxidation sites excluding steroid dienone is 1. The first-order valence-corrected chi connectivity index (χ1v) is 7.94. The van der Waals surface area contributed by atoms with Gasteiger partial charge in [0, 0.05) is 12.1 Å². The molecule has 2 aliphatic rings. The smallest absolute Gasteiger partial charge is 0.271 e. The molecule has 10 heteroatoms. The molecule has 1 atom stereocenters. The number of fused-ring (bicyclic) bond motifs is 1. The van der Waals surface area contributed by atoms with E-state index in [0.717, 1.165) is 5.57 Å². The molecule has 0 radical (unpaired) electrons. The molecule has 1 aromatic carbocycles. The summed E-state index contributed by atoms with van der Waals surface area (Å²) in [6.45, 7) is 5.44. The Morgan fingerprint density at radius 2 is 2.15 bits per heavy atom. The molecular formula is C16H18N6O4. The highest BCUT2D eigenvalue weighted by Gasteiger charge is 2.39. The second-order valence-electron chi connectivity index (χ2n) is 6.28. The maximum absolute atomic E-state index is 12.8. The van der Waals surface area contributed by atoms with Crippen LogP contribution in [0.15, 0.2) is 34.6 Å². The van der Waals surface area contributed by atoms with E-state index >= 15 is 0 Å². The van der Waals surface area contributed by atoms with Crippen molar-refractivity contribution in [3.63, 3.8) is 0 Å². The number of hydrogen-bond acceptors (Lipinski definition) is 7. The van der Waals surface area contributed by atoms with Crippen molar-refractivity contribution < 1.29 is 14.5 Å². The highest BCUT2D eigenvalue weighted by Crippen LogP contribution is 2.24. The van der Waals surface area contributed by atoms with Gasteiger partial charge < -0.3 is 5.32 Å². The maximum Gasteiger partial charge on any atom is 0.271 e. The highest BCUT2D eigenvalue weighted by atomic mass is 16.6. The zero-order valence-corrected chi connectivity index (χ0v) is 14.5. The Labute approximate surface area is 149 Å². The van der Waals surface area contributed by atoms with E-state index in [-0.39, 0.29) is 24.0 Å². The van der Waals surface area contributed by atoms with Crippen LogP contribution in [-0.2, 0) is 9.59 Å². The number of nitrogens with zero attached hydrogens (tertiary/aromatic N) is 3. The van der Waals surface area contributed by atoms with Gasteiger partial charge in [0.15, 0.2) is 0 Å². The minimum Gasteiger partial charge on any atom is -0.324 e. The normalized spacial score (nSPS) is 18.5. The molecule has 26 heavy (non-hydrogen) atoms. The number of aliphatic imine (C=N–C) groups is 1. The third kappa shape index (κ3) is 3.21. The number of amides is 2. The molecule has 2 amide bonds. The van der Waals surface area contributed by atoms with Crippen molar-refractivity contribution in [1.29, 1.82) is 0 Å². The predicted octanol–water partition coefficient (Wildman–Crippen LogP) is 1.16. The Morgan fingerprint density at radius 1 is 1.42 bits per heavy atom. The number of hydrazine groups is 1. The van der Waals surface area contributed by atoms with Gasteiger partial charge in [0.05, 0.1) is 17.0 Å². The Bertz CT molecular complexity index is 871. The summed E-state index contributed by atoms with van der Waals surface area (Å²) in [5, 5.41) is 17.7. The summed E-state index contributed by atoms with van der Waals surface area (Å²) in [5.74, 6) is 0.0336. The van der Waals surface area contributed by atoms with Crippen LogP contribution < -0.4 is 16.1 Å². The molecule has 3 rings (SSSR count). The standard InChI is InChI=1S/C16H18N6O4/c1-8(2)14-19-16-18-13(23)7-12(21(16)20-14)15(24)17-11-6-10(22(25)26)5-4-9(11)3/h4-6,12,20H,7H2,1-3H3,(H,17,24)(H,18,19,23). The van der Waals surface area contributed by atoms with Crippen LogP contribution in [0.2, 0.25) is 0 Å². The van der Waals surface area contributed by atoms with Crippen molar-refractivity contribution in [3.05, 3.63) is 45.3 Å². The van der Waals surface area contributed by atoms with E-state index in [1.54, 1.807) is 13.0 Å². The van der Waals surface area contributed by atoms with Crippen molar-refractivity contribution in [2.45, 2.75) is 33.2 Å². The van der Waals surface area contributed by atoms with Gasteiger partial charge in [-0.05, 0) is 31.9 Å². The van der Waals surface area contributed by atoms with Crippen LogP contribution in [0.3, 0.4) is 0 Å². The highest BCUT2D eigenvalue weighted by molar-refractivity contribution is 6.08. The fraction of sp³-hybridized carbons (Fsp3) is 0.312. The van der Waals surface area contributed by atoms with Gasteiger partial charge in [-0.1, -0.05) is 6.07 Å². The molecule has 2 aliphatic heterocycles. The quantitative estimate of drug-likeness (QED) is 0.549. The van der Waals surface area contributed by atoms with E-state index < -0.39 is 16.9 Å². The first-order valence-electron chi connectivity index (χ1n) is 7.94. The number of carbonyl (C=O) groups is 2. The van der Waals surface area contributed by atoms with Gasteiger partial charge in [-0.2, -0.15) is 4.99 Å². The number of hydrogen-bond donors (Lipinski definition) is 3. The van der Waals surface area contributed by atoms with Gasteiger partial charge in [-0.25, -0.2) is 5.01 Å². The molecule has 0 saturated carbocycles. The van der Waals surface area contributed by atoms with Crippen LogP contribution in [0, 0.1) is 17.0 Å². The minimum absolute atomic E-state index is 0.0676. The first kappa shape index (κ1) is 17.4. The third-order valence-electron chi connectivity index (χ3n) is 4.08. The lowest BCUT2D eigenvalue weighted by Crippen LogP contribution is -2.61. The number of nitrogens with one attached hydrogen (secondary N) is 3. The van der Waals surface area contributed by atoms with E-state index in [1.807, 2.05) is 13.8 Å². The summed E-state index contributed by atoms with van der Waals surface area (Å²) in [6, 6.07) is 3.39. The fourth-order valence-corrected chi connectivity index (χ4v) is 2.62. The average Bonchev–Trinajstić information content (AvgIpc) is 2.99. The summed E-state index contributed by atoms with van der Waals surface area (Å²) in [6.07, 6.45) is -0.0676. The number of non-ortho nitro benzene ring substituents is 1. The van der Waals surface area contributed by atoms with Crippen molar-refractivity contribution in [1.82, 2.24) is 15.8 Å². The van der Waals surface area contributed by atoms with E-state index in [4.69, 9.17) is 0 Å². The molecule has 136 valence electrons. The molecule has 0 spiro atoms. The number of nitro groups is 1. The summed E-state index contributed by atoms with van der Waals surface area (Å²) >= 11 is 0. The maximum atomic E-state index is 12.8. The van der Waals surface area contributed by atoms with Gasteiger partial charge in [-0.15, -0.1) is 0 Å². The molecule has 1 unspecified atom stereocenters. The van der Waals surface area contributed by atoms with Gasteiger partial charge >= 0.3 is 0 Å². The Balaban J connectivity index is 1.85. The van der Waals surface area contributed by atoms with Crippen molar-refractivity contribution in [2.24, 2.45) is 4.99 Å². The Kier molecular flexibility index (Phi) is 4.33. The van der Waals surface area contributed by atoms with E-state index in [1.165, 1.54) is 17.1 Å². The molecule has 0 bridgehead atoms. The van der Waals surface area contributed by atoms with Gasteiger partial charge in [0.2, 0.25) is 17.8 Å². The topological polar surface area (TPSA) is 129 Å². The van der Waals surface area contributed by atoms with Crippen LogP contribution in [0.4, 0.5) is 11.4 Å². The monoisotopic (exact) mass is 358 g/mol. The molecule has 10 nitrogen and oxygen atoms in total. The molecule has 2 heterocycles. The van der Waals surface area contributed by atoms with Crippen LogP contribution in [0.25, 0.3) is 0 Å². The van der Waals surface area contributed by atoms with Gasteiger partial charge in [-0.3, -0.25) is 30.4 Å². The zero-order valence-electron chi connectivity index (χ0n) is 14.5. The summed E-state index contributed by atoms with van der Waals surface area (Å²) in [5.41, 5.74) is 4.78. The second-order valence-corrected chi connectivity index (χ2v) is 6.28. The molecule has 1 saturated heterocycles. The van der Waals surface area contributed by atoms with E-state index in [9.17, 15) is 19.7 Å². The van der Waals surface area contributed by atoms with Gasteiger partial charge in [0.25, 0.3) is 5.69 Å². The SMILES string of the molecule is CC(C)=C1N=C2NC(=O)CC(C(=O)Nc3cc([N+](=O)[O-])ccc3C)N2N1. The predicted molar refractivity (Wildman–Crippen MR) is 93.8 cm³/mol. The molecule has 3 N–H and O–H groups in total. The van der Waals surface area contributed by atoms with Crippen LogP contribution >= 0.6 is 0 Å². The van der Waals surface area contributed by atoms with E-state index in [0.29, 0.717) is 17.1 Å². The second kappa shape index (κ2) is 6.47. The first-order chi connectivity index (χ1) is 12.3. The van der Waals surface area contributed by atoms with Crippen molar-refractivity contribution in [3.8, 4) is 0 Å². The third-order valence-corrected chi connectivity index (χ3v) is 4.08. The number of aryl methyl sites for hydroxylation is 1. The lowest BCUT2D eigenvalue weighted by molar-refractivity contribution is -0.384. The number of benzene rings is 1. The number of guanidine groups is 1. The molecule has 0 aliphatic carbocycles. The van der Waals surface area contributed by atoms with Crippen LogP contribution in [0.5, 0.6) is 0 Å². The number of carbonyl (C=O) groups excluding carboxylic acids is 2. The average molecular weight is 358 g/mol. The summed E-state index contributed by atoms with van der Waals surface area (Å²) < 4.78 is 0. The minimum atomic E-state index is -0.835. The zero-order chi connectivity index (χ0) is 19.0. The Morgan fingerprint density at radius 3 is 2.81 bits per heavy atom. The van der Waals surface area contributed by atoms with Gasteiger partial charge in [0.1, 0.15) is 11.9 Å². The lowest BCUT2D eigenvalue weighted by atomic mass is 10.1. The fourth-order valence-electron chi connectivity index (χ4n) is 2.62. The van der Waals surface area contributed by atoms with Crippen LogP contribution in [0.1, 0.15) is 25.8 Å². The lowest BCUT2D eigenvalue weighted by Gasteiger charge is -2.32. The Hall–Kier alpha value is -3.43. The molecule has 0 aromatic heterocycles. The number of rotatable bonds is 3. The molecular weight excluding hydrogens is 340 g/mol. The number of nitro benzene ring substituents is 1. The number of anilines is 1. The largest absolute Gasteiger partial charge is 0.324 e. The van der Waals surface area contributed by atoms with Crippen molar-refractivity contribution >= 4 is 29.1 Å². The molecule has 1 aromatic rings. The van der Waals surface area contributed by atoms with Crippen molar-refractivity contribution in [2.75, 3.05) is 5.32 Å². The molecule has 1 fully saturated rings. The van der Waals surface area contributed by atoms with Crippen LogP contribution in [-0.4, -0.2) is 33.7 Å².